The lowest BCUT2D eigenvalue weighted by atomic mass is 9.79. The van der Waals surface area contributed by atoms with Crippen LogP contribution in [0.25, 0.3) is 0 Å². The maximum absolute atomic E-state index is 13.0. The summed E-state index contributed by atoms with van der Waals surface area (Å²) in [6.45, 7) is 5.35. The fourth-order valence-corrected chi connectivity index (χ4v) is 5.53. The average molecular weight is 563 g/mol. The van der Waals surface area contributed by atoms with Gasteiger partial charge in [0.05, 0.1) is 29.9 Å². The van der Waals surface area contributed by atoms with Crippen LogP contribution in [0.5, 0.6) is 0 Å². The van der Waals surface area contributed by atoms with E-state index in [0.29, 0.717) is 38.2 Å². The minimum Gasteiger partial charge on any atom is -0.384 e. The van der Waals surface area contributed by atoms with Gasteiger partial charge in [-0.1, -0.05) is 13.0 Å². The van der Waals surface area contributed by atoms with Gasteiger partial charge in [0.15, 0.2) is 0 Å². The molecule has 2 aromatic rings. The van der Waals surface area contributed by atoms with E-state index in [2.05, 4.69) is 20.5 Å². The fraction of sp³-hybridized carbons (Fsp3) is 0.552. The summed E-state index contributed by atoms with van der Waals surface area (Å²) >= 11 is 0. The lowest BCUT2D eigenvalue weighted by Gasteiger charge is -2.39. The van der Waals surface area contributed by atoms with E-state index in [0.717, 1.165) is 43.0 Å². The second kappa shape index (κ2) is 12.7. The molecule has 2 fully saturated rings. The Labute approximate surface area is 232 Å². The highest BCUT2D eigenvalue weighted by Crippen LogP contribution is 2.39. The molecular weight excluding hydrogens is 525 g/mol. The van der Waals surface area contributed by atoms with Crippen LogP contribution in [0.15, 0.2) is 42.6 Å². The van der Waals surface area contributed by atoms with E-state index < -0.39 is 29.2 Å². The highest BCUT2D eigenvalue weighted by atomic mass is 19.4. The molecule has 8 nitrogen and oxygen atoms in total. The molecule has 11 heteroatoms. The first-order chi connectivity index (χ1) is 19.0. The number of carbonyl (C=O) groups is 2. The number of aliphatic hydroxyl groups is 1. The summed E-state index contributed by atoms with van der Waals surface area (Å²) in [6, 6.07) is 7.84. The number of aryl methyl sites for hydroxylation is 1. The largest absolute Gasteiger partial charge is 0.416 e. The van der Waals surface area contributed by atoms with Crippen LogP contribution in [0.2, 0.25) is 0 Å². The summed E-state index contributed by atoms with van der Waals surface area (Å²) in [6.07, 6.45) is 0.477. The van der Waals surface area contributed by atoms with Gasteiger partial charge in [-0.25, -0.2) is 0 Å². The van der Waals surface area contributed by atoms with Crippen molar-refractivity contribution in [3.05, 3.63) is 65.0 Å². The van der Waals surface area contributed by atoms with Crippen LogP contribution >= 0.6 is 0 Å². The Morgan fingerprint density at radius 3 is 2.60 bits per heavy atom. The first-order valence-electron chi connectivity index (χ1n) is 13.7. The molecule has 218 valence electrons. The van der Waals surface area contributed by atoms with Crippen molar-refractivity contribution in [2.24, 2.45) is 0 Å². The smallest absolute Gasteiger partial charge is 0.384 e. The number of likely N-dealkylation sites (tertiary alicyclic amines) is 1. The number of benzene rings is 1. The van der Waals surface area contributed by atoms with Crippen molar-refractivity contribution in [2.75, 3.05) is 26.2 Å². The number of aromatic nitrogens is 1. The van der Waals surface area contributed by atoms with E-state index in [1.54, 1.807) is 6.20 Å². The van der Waals surface area contributed by atoms with Crippen LogP contribution in [0.4, 0.5) is 13.2 Å². The van der Waals surface area contributed by atoms with Crippen molar-refractivity contribution < 1.29 is 32.6 Å². The Morgan fingerprint density at radius 1 is 1.18 bits per heavy atom. The molecule has 2 amide bonds. The number of ether oxygens (including phenoxy) is 1. The summed E-state index contributed by atoms with van der Waals surface area (Å²) in [4.78, 5) is 31.8. The molecule has 3 N–H and O–H groups in total. The van der Waals surface area contributed by atoms with E-state index in [-0.39, 0.29) is 30.3 Å². The Kier molecular flexibility index (Phi) is 9.48. The van der Waals surface area contributed by atoms with E-state index in [9.17, 15) is 27.9 Å². The van der Waals surface area contributed by atoms with Crippen LogP contribution < -0.4 is 10.6 Å². The Balaban J connectivity index is 1.32. The summed E-state index contributed by atoms with van der Waals surface area (Å²) < 4.78 is 44.9. The third-order valence-electron chi connectivity index (χ3n) is 7.73. The number of carbonyl (C=O) groups excluding carboxylic acids is 2. The van der Waals surface area contributed by atoms with Crippen molar-refractivity contribution in [1.29, 1.82) is 0 Å². The topological polar surface area (TPSA) is 104 Å². The van der Waals surface area contributed by atoms with Crippen LogP contribution in [0.1, 0.15) is 66.2 Å². The number of rotatable bonds is 9. The average Bonchev–Trinajstić information content (AvgIpc) is 3.32. The van der Waals surface area contributed by atoms with E-state index in [1.165, 1.54) is 6.07 Å². The van der Waals surface area contributed by atoms with Crippen molar-refractivity contribution >= 4 is 11.8 Å². The van der Waals surface area contributed by atoms with Crippen LogP contribution in [0, 0.1) is 6.92 Å². The van der Waals surface area contributed by atoms with Gasteiger partial charge < -0.3 is 20.5 Å². The van der Waals surface area contributed by atoms with Gasteiger partial charge >= 0.3 is 6.18 Å². The molecule has 1 aromatic heterocycles. The number of hydrogen-bond donors (Lipinski definition) is 3. The number of nitrogens with zero attached hydrogens (tertiary/aromatic N) is 2. The fourth-order valence-electron chi connectivity index (χ4n) is 5.53. The highest BCUT2D eigenvalue weighted by molar-refractivity contribution is 5.96. The van der Waals surface area contributed by atoms with Gasteiger partial charge in [0.25, 0.3) is 5.91 Å². The van der Waals surface area contributed by atoms with E-state index in [4.69, 9.17) is 4.74 Å². The van der Waals surface area contributed by atoms with E-state index in [1.807, 2.05) is 26.0 Å². The quantitative estimate of drug-likeness (QED) is 0.432. The second-order valence-electron chi connectivity index (χ2n) is 10.8. The molecule has 0 bridgehead atoms. The standard InChI is InChI=1S/C29H37F3N4O4/c1-3-13-40-24-18-36(22-7-10-28(39,11-8-22)25-14-19(2)9-12-33-25)17-23(24)35-26(37)16-34-27(38)20-5-4-6-21(15-20)29(30,31)32/h4-6,9,12,14-15,22-24,39H,3,7-8,10-11,13,16-18H2,1-2H3,(H,34,38)(H,35,37). The number of amides is 2. The third kappa shape index (κ3) is 7.38. The Bertz CT molecular complexity index is 1180. The normalized spacial score (nSPS) is 25.5. The lowest BCUT2D eigenvalue weighted by molar-refractivity contribution is -0.137. The number of hydrogen-bond acceptors (Lipinski definition) is 6. The van der Waals surface area contributed by atoms with Crippen LogP contribution in [0.3, 0.4) is 0 Å². The van der Waals surface area contributed by atoms with Crippen molar-refractivity contribution in [3.63, 3.8) is 0 Å². The number of nitrogens with one attached hydrogen (secondary N) is 2. The van der Waals surface area contributed by atoms with E-state index >= 15 is 0 Å². The lowest BCUT2D eigenvalue weighted by Crippen LogP contribution is -2.48. The molecule has 1 saturated heterocycles. The van der Waals surface area contributed by atoms with Gasteiger partial charge in [0.1, 0.15) is 5.60 Å². The van der Waals surface area contributed by atoms with Gasteiger partial charge in [0.2, 0.25) is 5.91 Å². The first kappa shape index (κ1) is 30.0. The maximum Gasteiger partial charge on any atom is 0.416 e. The summed E-state index contributed by atoms with van der Waals surface area (Å²) in [5.74, 6) is -1.20. The minimum absolute atomic E-state index is 0.169. The molecule has 1 saturated carbocycles. The molecule has 2 heterocycles. The summed E-state index contributed by atoms with van der Waals surface area (Å²) in [5.41, 5.74) is -0.291. The van der Waals surface area contributed by atoms with Crippen molar-refractivity contribution in [1.82, 2.24) is 20.5 Å². The Morgan fingerprint density at radius 2 is 1.93 bits per heavy atom. The van der Waals surface area contributed by atoms with Gasteiger partial charge in [-0.2, -0.15) is 13.2 Å². The molecule has 0 radical (unpaired) electrons. The minimum atomic E-state index is -4.57. The zero-order chi connectivity index (χ0) is 28.9. The molecule has 2 unspecified atom stereocenters. The number of halogens is 3. The second-order valence-corrected chi connectivity index (χ2v) is 10.8. The molecule has 1 aromatic carbocycles. The molecule has 0 spiro atoms. The summed E-state index contributed by atoms with van der Waals surface area (Å²) in [5, 5.41) is 16.6. The number of pyridine rings is 1. The molecule has 2 aliphatic rings. The SMILES string of the molecule is CCCOC1CN(C2CCC(O)(c3cc(C)ccn3)CC2)CC1NC(=O)CNC(=O)c1cccc(C(F)(F)F)c1. The van der Waals surface area contributed by atoms with Gasteiger partial charge in [-0.05, 0) is 74.9 Å². The molecule has 1 aliphatic heterocycles. The molecule has 1 aliphatic carbocycles. The van der Waals surface area contributed by atoms with Gasteiger partial charge in [-0.15, -0.1) is 0 Å². The summed E-state index contributed by atoms with van der Waals surface area (Å²) in [7, 11) is 0. The Hall–Kier alpha value is -3.02. The first-order valence-corrected chi connectivity index (χ1v) is 13.7. The zero-order valence-electron chi connectivity index (χ0n) is 22.8. The third-order valence-corrected chi connectivity index (χ3v) is 7.73. The molecule has 40 heavy (non-hydrogen) atoms. The highest BCUT2D eigenvalue weighted by Gasteiger charge is 2.42. The van der Waals surface area contributed by atoms with Crippen LogP contribution in [-0.4, -0.2) is 71.2 Å². The molecular formula is C29H37F3N4O4. The maximum atomic E-state index is 13.0. The van der Waals surface area contributed by atoms with Gasteiger partial charge in [0, 0.05) is 37.5 Å². The van der Waals surface area contributed by atoms with Crippen molar-refractivity contribution in [2.45, 2.75) is 75.9 Å². The van der Waals surface area contributed by atoms with Gasteiger partial charge in [-0.3, -0.25) is 19.5 Å². The zero-order valence-corrected chi connectivity index (χ0v) is 22.8. The molecule has 2 atom stereocenters. The predicted molar refractivity (Wildman–Crippen MR) is 142 cm³/mol. The molecule has 4 rings (SSSR count). The predicted octanol–water partition coefficient (Wildman–Crippen LogP) is 3.56. The number of alkyl halides is 3. The monoisotopic (exact) mass is 562 g/mol. The van der Waals surface area contributed by atoms with Crippen LogP contribution in [-0.2, 0) is 21.3 Å². The van der Waals surface area contributed by atoms with Crippen molar-refractivity contribution in [3.8, 4) is 0 Å².